The number of hydrogen-bond acceptors (Lipinski definition) is 6. The smallest absolute Gasteiger partial charge is 0.254 e. The number of nitrogens with zero attached hydrogens (tertiary/aromatic N) is 1. The number of para-hydroxylation sites is 1. The van der Waals surface area contributed by atoms with E-state index in [9.17, 15) is 14.9 Å². The summed E-state index contributed by atoms with van der Waals surface area (Å²) in [5.41, 5.74) is 3.88. The average Bonchev–Trinajstić information content (AvgIpc) is 3.38. The normalized spacial score (nSPS) is 15.4. The number of Topliss-reactive ketones (excluding diaryl/α,β-unsaturated/α-hetero) is 1. The van der Waals surface area contributed by atoms with Gasteiger partial charge in [-0.3, -0.25) is 9.59 Å². The highest BCUT2D eigenvalue weighted by Crippen LogP contribution is 2.42. The summed E-state index contributed by atoms with van der Waals surface area (Å²) in [4.78, 5) is 27.1. The van der Waals surface area contributed by atoms with Crippen molar-refractivity contribution in [3.05, 3.63) is 108 Å². The van der Waals surface area contributed by atoms with Gasteiger partial charge in [0.05, 0.1) is 28.3 Å². The Morgan fingerprint density at radius 3 is 2.51 bits per heavy atom. The number of dihydropyridines is 1. The molecule has 1 unspecified atom stereocenters. The third kappa shape index (κ3) is 5.59. The molecule has 35 heavy (non-hydrogen) atoms. The molecule has 1 amide bonds. The molecule has 1 aromatic heterocycles. The van der Waals surface area contributed by atoms with Gasteiger partial charge >= 0.3 is 0 Å². The predicted octanol–water partition coefficient (Wildman–Crippen LogP) is 6.77. The van der Waals surface area contributed by atoms with Gasteiger partial charge in [0.1, 0.15) is 0 Å². The number of aryl methyl sites for hydroxylation is 1. The van der Waals surface area contributed by atoms with Crippen LogP contribution in [0.25, 0.3) is 0 Å². The number of allylic oxidation sites excluding steroid dienone is 2. The zero-order chi connectivity index (χ0) is 24.9. The number of amides is 1. The number of halogens is 1. The van der Waals surface area contributed by atoms with Crippen LogP contribution in [0.2, 0.25) is 0 Å². The quantitative estimate of drug-likeness (QED) is 0.310. The number of thiophene rings is 1. The van der Waals surface area contributed by atoms with Crippen LogP contribution in [0.5, 0.6) is 0 Å². The van der Waals surface area contributed by atoms with Crippen molar-refractivity contribution in [1.82, 2.24) is 5.32 Å². The van der Waals surface area contributed by atoms with Gasteiger partial charge in [0.25, 0.3) is 5.91 Å². The molecule has 5 nitrogen and oxygen atoms in total. The highest BCUT2D eigenvalue weighted by Gasteiger charge is 2.35. The summed E-state index contributed by atoms with van der Waals surface area (Å²) >= 11 is 6.16. The van der Waals surface area contributed by atoms with Gasteiger partial charge in [-0.2, -0.15) is 5.26 Å². The van der Waals surface area contributed by atoms with Crippen molar-refractivity contribution >= 4 is 56.4 Å². The minimum absolute atomic E-state index is 0.0357. The lowest BCUT2D eigenvalue weighted by Crippen LogP contribution is -2.30. The Kier molecular flexibility index (Phi) is 7.91. The second-order valence-electron chi connectivity index (χ2n) is 7.95. The molecule has 2 N–H and O–H groups in total. The molecule has 1 aliphatic heterocycles. The van der Waals surface area contributed by atoms with E-state index in [-0.39, 0.29) is 17.4 Å². The van der Waals surface area contributed by atoms with Crippen molar-refractivity contribution in [2.45, 2.75) is 19.8 Å². The van der Waals surface area contributed by atoms with Crippen LogP contribution in [-0.2, 0) is 4.79 Å². The second kappa shape index (κ2) is 11.1. The average molecular weight is 565 g/mol. The van der Waals surface area contributed by atoms with Crippen LogP contribution >= 0.6 is 39.0 Å². The number of nitrogens with one attached hydrogen (secondary N) is 2. The van der Waals surface area contributed by atoms with Gasteiger partial charge in [-0.15, -0.1) is 11.3 Å². The van der Waals surface area contributed by atoms with Crippen molar-refractivity contribution < 1.29 is 9.59 Å². The lowest BCUT2D eigenvalue weighted by molar-refractivity contribution is -0.113. The molecule has 2 aromatic carbocycles. The molecule has 0 saturated carbocycles. The third-order valence-corrected chi connectivity index (χ3v) is 8.11. The maximum atomic E-state index is 13.5. The number of benzene rings is 2. The van der Waals surface area contributed by atoms with Gasteiger partial charge in [-0.25, -0.2) is 0 Å². The van der Waals surface area contributed by atoms with E-state index in [1.165, 1.54) is 23.1 Å². The summed E-state index contributed by atoms with van der Waals surface area (Å²) in [5.74, 6) is -0.642. The monoisotopic (exact) mass is 563 g/mol. The molecule has 4 rings (SSSR count). The maximum absolute atomic E-state index is 13.5. The van der Waals surface area contributed by atoms with E-state index in [2.05, 4.69) is 32.6 Å². The van der Waals surface area contributed by atoms with Crippen LogP contribution in [0.1, 0.15) is 33.6 Å². The van der Waals surface area contributed by atoms with Crippen LogP contribution in [0, 0.1) is 18.3 Å². The van der Waals surface area contributed by atoms with E-state index < -0.39 is 5.92 Å². The fourth-order valence-corrected chi connectivity index (χ4v) is 5.92. The van der Waals surface area contributed by atoms with Crippen LogP contribution in [0.3, 0.4) is 0 Å². The predicted molar refractivity (Wildman–Crippen MR) is 146 cm³/mol. The summed E-state index contributed by atoms with van der Waals surface area (Å²) in [7, 11) is 0. The SMILES string of the molecule is CC1=C(C(=O)Nc2ccccc2C)C(c2cccs2)C(C#N)=C(SCC(=O)c2ccc(Br)cc2)N1. The van der Waals surface area contributed by atoms with Gasteiger partial charge in [0.15, 0.2) is 5.78 Å². The van der Waals surface area contributed by atoms with E-state index in [1.54, 1.807) is 12.1 Å². The highest BCUT2D eigenvalue weighted by atomic mass is 79.9. The molecule has 0 radical (unpaired) electrons. The van der Waals surface area contributed by atoms with Crippen molar-refractivity contribution in [2.24, 2.45) is 0 Å². The molecule has 176 valence electrons. The maximum Gasteiger partial charge on any atom is 0.254 e. The van der Waals surface area contributed by atoms with Gasteiger partial charge in [-0.1, -0.05) is 64.1 Å². The number of thioether (sulfide) groups is 1. The topological polar surface area (TPSA) is 82.0 Å². The summed E-state index contributed by atoms with van der Waals surface area (Å²) in [5, 5.41) is 18.9. The van der Waals surface area contributed by atoms with Gasteiger partial charge in [-0.05, 0) is 49.1 Å². The Labute approximate surface area is 221 Å². The first kappa shape index (κ1) is 25.0. The lowest BCUT2D eigenvalue weighted by atomic mass is 9.86. The zero-order valence-corrected chi connectivity index (χ0v) is 22.3. The Morgan fingerprint density at radius 2 is 1.86 bits per heavy atom. The van der Waals surface area contributed by atoms with Crippen molar-refractivity contribution in [3.8, 4) is 6.07 Å². The standard InChI is InChI=1S/C27H22BrN3O2S2/c1-16-6-3-4-7-21(16)31-26(33)24-17(2)30-27(20(14-29)25(24)23-8-5-13-34-23)35-15-22(32)18-9-11-19(28)12-10-18/h3-13,25,30H,15H2,1-2H3,(H,31,33). The fraction of sp³-hybridized carbons (Fsp3) is 0.148. The lowest BCUT2D eigenvalue weighted by Gasteiger charge is -2.29. The molecular formula is C27H22BrN3O2S2. The Balaban J connectivity index is 1.64. The minimum Gasteiger partial charge on any atom is -0.353 e. The van der Waals surface area contributed by atoms with Crippen molar-refractivity contribution in [2.75, 3.05) is 11.1 Å². The van der Waals surface area contributed by atoms with Gasteiger partial charge < -0.3 is 10.6 Å². The molecule has 0 aliphatic carbocycles. The third-order valence-electron chi connectivity index (χ3n) is 5.63. The molecule has 1 atom stereocenters. The van der Waals surface area contributed by atoms with Crippen LogP contribution in [0.15, 0.2) is 92.4 Å². The number of ketones is 1. The molecular weight excluding hydrogens is 542 g/mol. The van der Waals surface area contributed by atoms with Crippen LogP contribution in [0.4, 0.5) is 5.69 Å². The summed E-state index contributed by atoms with van der Waals surface area (Å²) < 4.78 is 0.904. The number of carbonyl (C=O) groups excluding carboxylic acids is 2. The molecule has 2 heterocycles. The van der Waals surface area contributed by atoms with Crippen LogP contribution in [-0.4, -0.2) is 17.4 Å². The summed E-state index contributed by atoms with van der Waals surface area (Å²) in [6, 6.07) is 20.9. The van der Waals surface area contributed by atoms with Gasteiger partial charge in [0.2, 0.25) is 0 Å². The van der Waals surface area contributed by atoms with E-state index in [1.807, 2.05) is 67.8 Å². The first-order valence-corrected chi connectivity index (χ1v) is 13.5. The number of hydrogen-bond donors (Lipinski definition) is 2. The Hall–Kier alpha value is -3.12. The van der Waals surface area contributed by atoms with E-state index in [4.69, 9.17) is 0 Å². The summed E-state index contributed by atoms with van der Waals surface area (Å²) in [6.07, 6.45) is 0. The first-order valence-electron chi connectivity index (χ1n) is 10.8. The van der Waals surface area contributed by atoms with Crippen LogP contribution < -0.4 is 10.6 Å². The van der Waals surface area contributed by atoms with Crippen molar-refractivity contribution in [1.29, 1.82) is 5.26 Å². The Bertz CT molecular complexity index is 1370. The fourth-order valence-electron chi connectivity index (χ4n) is 3.83. The number of rotatable bonds is 7. The molecule has 8 heteroatoms. The number of nitriles is 1. The van der Waals surface area contributed by atoms with Gasteiger partial charge in [0, 0.05) is 31.9 Å². The molecule has 0 spiro atoms. The van der Waals surface area contributed by atoms with E-state index >= 15 is 0 Å². The molecule has 1 aliphatic rings. The molecule has 0 saturated heterocycles. The highest BCUT2D eigenvalue weighted by molar-refractivity contribution is 9.10. The number of carbonyl (C=O) groups is 2. The molecule has 3 aromatic rings. The van der Waals surface area contributed by atoms with E-state index in [0.29, 0.717) is 27.4 Å². The zero-order valence-electron chi connectivity index (χ0n) is 19.1. The Morgan fingerprint density at radius 1 is 1.11 bits per heavy atom. The number of anilines is 1. The van der Waals surface area contributed by atoms with E-state index in [0.717, 1.165) is 20.6 Å². The molecule has 0 bridgehead atoms. The largest absolute Gasteiger partial charge is 0.353 e. The minimum atomic E-state index is -0.518. The second-order valence-corrected chi connectivity index (χ2v) is 10.8. The summed E-state index contributed by atoms with van der Waals surface area (Å²) in [6.45, 7) is 3.77. The molecule has 0 fully saturated rings. The van der Waals surface area contributed by atoms with Crippen molar-refractivity contribution in [3.63, 3.8) is 0 Å². The first-order chi connectivity index (χ1) is 16.9.